The largest absolute Gasteiger partial charge is 0.378 e. The number of hydrogen-bond donors (Lipinski definition) is 0. The first-order valence-corrected chi connectivity index (χ1v) is 7.96. The van der Waals surface area contributed by atoms with Gasteiger partial charge in [-0.05, 0) is 12.1 Å². The molecule has 0 saturated carbocycles. The van der Waals surface area contributed by atoms with Gasteiger partial charge in [0.2, 0.25) is 5.95 Å². The van der Waals surface area contributed by atoms with E-state index in [9.17, 15) is 0 Å². The van der Waals surface area contributed by atoms with Gasteiger partial charge in [-0.3, -0.25) is 0 Å². The molecule has 5 heteroatoms. The van der Waals surface area contributed by atoms with Crippen LogP contribution in [0.4, 0.5) is 5.95 Å². The van der Waals surface area contributed by atoms with Crippen molar-refractivity contribution in [1.82, 2.24) is 9.55 Å². The molecule has 1 aromatic carbocycles. The predicted molar refractivity (Wildman–Crippen MR) is 79.1 cm³/mol. The first kappa shape index (κ1) is 11.6. The van der Waals surface area contributed by atoms with E-state index in [1.165, 1.54) is 17.0 Å². The Morgan fingerprint density at radius 2 is 1.95 bits per heavy atom. The summed E-state index contributed by atoms with van der Waals surface area (Å²) in [6, 6.07) is 9.08. The average molecular weight is 275 g/mol. The standard InChI is InChI=1S/C14H17N3OS/c1-2-4-13-12(3-1)15-14(16-5-7-18-8-6-16)17(13)11-9-19-10-11/h1-4,11H,5-10H2. The second kappa shape index (κ2) is 4.72. The fourth-order valence-electron chi connectivity index (χ4n) is 2.75. The number of para-hydroxylation sites is 2. The van der Waals surface area contributed by atoms with Crippen LogP contribution in [0.2, 0.25) is 0 Å². The number of benzene rings is 1. The Balaban J connectivity index is 1.83. The van der Waals surface area contributed by atoms with Crippen LogP contribution < -0.4 is 4.90 Å². The SMILES string of the molecule is c1ccc2c(c1)nc(N1CCOCC1)n2C1CSC1. The highest BCUT2D eigenvalue weighted by atomic mass is 32.2. The fourth-order valence-corrected chi connectivity index (χ4v) is 3.50. The lowest BCUT2D eigenvalue weighted by Gasteiger charge is -2.33. The number of morpholine rings is 1. The van der Waals surface area contributed by atoms with Crippen LogP contribution in [0.1, 0.15) is 6.04 Å². The van der Waals surface area contributed by atoms with Crippen LogP contribution >= 0.6 is 11.8 Å². The number of ether oxygens (including phenoxy) is 1. The van der Waals surface area contributed by atoms with Crippen molar-refractivity contribution in [2.24, 2.45) is 0 Å². The molecule has 100 valence electrons. The summed E-state index contributed by atoms with van der Waals surface area (Å²) in [5.74, 6) is 3.55. The van der Waals surface area contributed by atoms with Gasteiger partial charge >= 0.3 is 0 Å². The molecule has 2 aliphatic rings. The van der Waals surface area contributed by atoms with E-state index < -0.39 is 0 Å². The molecule has 19 heavy (non-hydrogen) atoms. The summed E-state index contributed by atoms with van der Waals surface area (Å²) in [6.45, 7) is 3.51. The normalized spacial score (nSPS) is 20.7. The van der Waals surface area contributed by atoms with Gasteiger partial charge in [-0.2, -0.15) is 11.8 Å². The molecule has 0 amide bonds. The third-order valence-electron chi connectivity index (χ3n) is 3.86. The monoisotopic (exact) mass is 275 g/mol. The summed E-state index contributed by atoms with van der Waals surface area (Å²) in [5, 5.41) is 0. The molecule has 2 fully saturated rings. The Hall–Kier alpha value is -1.20. The van der Waals surface area contributed by atoms with Crippen LogP contribution in [0, 0.1) is 0 Å². The molecular weight excluding hydrogens is 258 g/mol. The Kier molecular flexibility index (Phi) is 2.89. The van der Waals surface area contributed by atoms with Gasteiger partial charge in [0.15, 0.2) is 0 Å². The molecule has 2 aromatic rings. The fraction of sp³-hybridized carbons (Fsp3) is 0.500. The molecule has 0 unspecified atom stereocenters. The van der Waals surface area contributed by atoms with Crippen LogP contribution in [-0.4, -0.2) is 47.4 Å². The van der Waals surface area contributed by atoms with E-state index in [2.05, 4.69) is 33.7 Å². The molecule has 1 aromatic heterocycles. The van der Waals surface area contributed by atoms with Gasteiger partial charge in [-0.15, -0.1) is 0 Å². The Morgan fingerprint density at radius 1 is 1.16 bits per heavy atom. The van der Waals surface area contributed by atoms with Gasteiger partial charge in [0, 0.05) is 24.6 Å². The summed E-state index contributed by atoms with van der Waals surface area (Å²) in [7, 11) is 0. The second-order valence-electron chi connectivity index (χ2n) is 5.06. The van der Waals surface area contributed by atoms with E-state index in [1.54, 1.807) is 0 Å². The first-order chi connectivity index (χ1) is 9.43. The summed E-state index contributed by atoms with van der Waals surface area (Å²) in [4.78, 5) is 7.23. The number of rotatable bonds is 2. The lowest BCUT2D eigenvalue weighted by Crippen LogP contribution is -2.39. The number of hydrogen-bond acceptors (Lipinski definition) is 4. The molecule has 4 rings (SSSR count). The Labute approximate surface area is 116 Å². The van der Waals surface area contributed by atoms with E-state index in [4.69, 9.17) is 9.72 Å². The van der Waals surface area contributed by atoms with Crippen molar-refractivity contribution in [3.8, 4) is 0 Å². The molecule has 0 N–H and O–H groups in total. The number of thioether (sulfide) groups is 1. The molecule has 0 radical (unpaired) electrons. The summed E-state index contributed by atoms with van der Waals surface area (Å²) in [5.41, 5.74) is 2.38. The maximum atomic E-state index is 5.45. The molecule has 0 spiro atoms. The van der Waals surface area contributed by atoms with Crippen LogP contribution in [0.3, 0.4) is 0 Å². The maximum absolute atomic E-state index is 5.45. The number of fused-ring (bicyclic) bond motifs is 1. The minimum atomic E-state index is 0.607. The average Bonchev–Trinajstić information content (AvgIpc) is 2.78. The molecule has 2 saturated heterocycles. The molecule has 2 aliphatic heterocycles. The highest BCUT2D eigenvalue weighted by Gasteiger charge is 2.28. The van der Waals surface area contributed by atoms with Crippen molar-refractivity contribution in [2.45, 2.75) is 6.04 Å². The molecular formula is C14H17N3OS. The molecule has 4 nitrogen and oxygen atoms in total. The zero-order valence-corrected chi connectivity index (χ0v) is 11.6. The Bertz CT molecular complexity index is 587. The quantitative estimate of drug-likeness (QED) is 0.840. The van der Waals surface area contributed by atoms with Gasteiger partial charge in [0.05, 0.1) is 30.3 Å². The second-order valence-corrected chi connectivity index (χ2v) is 6.14. The minimum absolute atomic E-state index is 0.607. The highest BCUT2D eigenvalue weighted by molar-refractivity contribution is 8.00. The first-order valence-electron chi connectivity index (χ1n) is 6.81. The van der Waals surface area contributed by atoms with Crippen molar-refractivity contribution < 1.29 is 4.74 Å². The van der Waals surface area contributed by atoms with E-state index in [1.807, 2.05) is 11.8 Å². The lowest BCUT2D eigenvalue weighted by atomic mass is 10.3. The van der Waals surface area contributed by atoms with Gasteiger partial charge in [-0.1, -0.05) is 12.1 Å². The zero-order valence-electron chi connectivity index (χ0n) is 10.8. The Morgan fingerprint density at radius 3 is 2.68 bits per heavy atom. The van der Waals surface area contributed by atoms with Crippen molar-refractivity contribution in [1.29, 1.82) is 0 Å². The minimum Gasteiger partial charge on any atom is -0.378 e. The predicted octanol–water partition coefficient (Wildman–Crippen LogP) is 2.16. The highest BCUT2D eigenvalue weighted by Crippen LogP contribution is 2.36. The van der Waals surface area contributed by atoms with Gasteiger partial charge in [0.25, 0.3) is 0 Å². The summed E-state index contributed by atoms with van der Waals surface area (Å²) in [6.07, 6.45) is 0. The molecule has 3 heterocycles. The van der Waals surface area contributed by atoms with Crippen LogP contribution in [0.5, 0.6) is 0 Å². The number of imidazole rings is 1. The maximum Gasteiger partial charge on any atom is 0.207 e. The van der Waals surface area contributed by atoms with E-state index in [-0.39, 0.29) is 0 Å². The number of nitrogens with zero attached hydrogens (tertiary/aromatic N) is 3. The summed E-state index contributed by atoms with van der Waals surface area (Å²) < 4.78 is 7.89. The number of aromatic nitrogens is 2. The zero-order chi connectivity index (χ0) is 12.7. The van der Waals surface area contributed by atoms with Crippen LogP contribution in [0.25, 0.3) is 11.0 Å². The topological polar surface area (TPSA) is 30.3 Å². The van der Waals surface area contributed by atoms with Crippen molar-refractivity contribution in [3.05, 3.63) is 24.3 Å². The summed E-state index contributed by atoms with van der Waals surface area (Å²) >= 11 is 2.02. The van der Waals surface area contributed by atoms with Gasteiger partial charge in [0.1, 0.15) is 0 Å². The third-order valence-corrected chi connectivity index (χ3v) is 5.10. The number of anilines is 1. The van der Waals surface area contributed by atoms with E-state index in [0.717, 1.165) is 37.8 Å². The van der Waals surface area contributed by atoms with Gasteiger partial charge < -0.3 is 14.2 Å². The lowest BCUT2D eigenvalue weighted by molar-refractivity contribution is 0.121. The molecule has 0 bridgehead atoms. The van der Waals surface area contributed by atoms with E-state index >= 15 is 0 Å². The molecule has 0 aliphatic carbocycles. The van der Waals surface area contributed by atoms with E-state index in [0.29, 0.717) is 6.04 Å². The molecule has 0 atom stereocenters. The smallest absolute Gasteiger partial charge is 0.207 e. The van der Waals surface area contributed by atoms with Crippen molar-refractivity contribution >= 4 is 28.7 Å². The van der Waals surface area contributed by atoms with Crippen LogP contribution in [-0.2, 0) is 4.74 Å². The van der Waals surface area contributed by atoms with Crippen LogP contribution in [0.15, 0.2) is 24.3 Å². The third kappa shape index (κ3) is 1.92. The van der Waals surface area contributed by atoms with Crippen molar-refractivity contribution in [3.63, 3.8) is 0 Å². The van der Waals surface area contributed by atoms with Crippen molar-refractivity contribution in [2.75, 3.05) is 42.7 Å². The van der Waals surface area contributed by atoms with Gasteiger partial charge in [-0.25, -0.2) is 4.98 Å².